The molecule has 0 radical (unpaired) electrons. The molecule has 1 aromatic heterocycles. The number of nitro groups is 1. The van der Waals surface area contributed by atoms with Gasteiger partial charge in [-0.2, -0.15) is 0 Å². The lowest BCUT2D eigenvalue weighted by molar-refractivity contribution is -0.384. The minimum Gasteiger partial charge on any atom is -0.302 e. The first-order valence-corrected chi connectivity index (χ1v) is 6.77. The van der Waals surface area contributed by atoms with Crippen molar-refractivity contribution in [3.63, 3.8) is 0 Å². The number of nitrogens with one attached hydrogen (secondary N) is 1. The van der Waals surface area contributed by atoms with Gasteiger partial charge < -0.3 is 5.32 Å². The Morgan fingerprint density at radius 1 is 1.19 bits per heavy atom. The molecule has 1 N–H and O–H groups in total. The predicted molar refractivity (Wildman–Crippen MR) is 79.8 cm³/mol. The molecule has 1 aromatic carbocycles. The fourth-order valence-corrected chi connectivity index (χ4v) is 2.30. The van der Waals surface area contributed by atoms with Crippen molar-refractivity contribution in [2.24, 2.45) is 0 Å². The Morgan fingerprint density at radius 3 is 2.57 bits per heavy atom. The second-order valence-corrected chi connectivity index (χ2v) is 4.99. The molecule has 2 aromatic rings. The molecule has 110 valence electrons. The van der Waals surface area contributed by atoms with Crippen LogP contribution in [0.5, 0.6) is 0 Å². The average Bonchev–Trinajstić information content (AvgIpc) is 2.47. The van der Waals surface area contributed by atoms with E-state index in [1.54, 1.807) is 24.5 Å². The van der Waals surface area contributed by atoms with Crippen LogP contribution < -0.4 is 5.32 Å². The maximum Gasteiger partial charge on any atom is 0.269 e. The van der Waals surface area contributed by atoms with E-state index < -0.39 is 0 Å². The highest BCUT2D eigenvalue weighted by atomic mass is 16.6. The van der Waals surface area contributed by atoms with Crippen molar-refractivity contribution in [3.8, 4) is 0 Å². The van der Waals surface area contributed by atoms with E-state index in [0.29, 0.717) is 0 Å². The van der Waals surface area contributed by atoms with E-state index in [4.69, 9.17) is 0 Å². The van der Waals surface area contributed by atoms with E-state index in [1.807, 2.05) is 26.8 Å². The normalized spacial score (nSPS) is 13.7. The van der Waals surface area contributed by atoms with E-state index in [2.05, 4.69) is 15.3 Å². The Morgan fingerprint density at radius 2 is 1.90 bits per heavy atom. The van der Waals surface area contributed by atoms with Crippen molar-refractivity contribution in [1.82, 2.24) is 15.3 Å². The first-order valence-electron chi connectivity index (χ1n) is 6.77. The number of aromatic nitrogens is 2. The first-order chi connectivity index (χ1) is 9.99. The third-order valence-electron chi connectivity index (χ3n) is 3.41. The molecule has 0 fully saturated rings. The zero-order chi connectivity index (χ0) is 15.4. The van der Waals surface area contributed by atoms with Crippen molar-refractivity contribution >= 4 is 5.69 Å². The van der Waals surface area contributed by atoms with E-state index in [-0.39, 0.29) is 22.7 Å². The molecule has 21 heavy (non-hydrogen) atoms. The van der Waals surface area contributed by atoms with Gasteiger partial charge in [-0.1, -0.05) is 12.1 Å². The van der Waals surface area contributed by atoms with Crippen LogP contribution in [-0.4, -0.2) is 14.9 Å². The highest BCUT2D eigenvalue weighted by Gasteiger charge is 2.16. The van der Waals surface area contributed by atoms with Gasteiger partial charge in [-0.05, 0) is 26.3 Å². The summed E-state index contributed by atoms with van der Waals surface area (Å²) in [6.07, 6.45) is 3.33. The summed E-state index contributed by atoms with van der Waals surface area (Å²) >= 11 is 0. The number of nitro benzene ring substituents is 1. The molecule has 0 amide bonds. The molecule has 6 nitrogen and oxygen atoms in total. The second-order valence-electron chi connectivity index (χ2n) is 4.99. The summed E-state index contributed by atoms with van der Waals surface area (Å²) in [4.78, 5) is 19.0. The summed E-state index contributed by atoms with van der Waals surface area (Å²) in [6, 6.07) is 6.64. The standard InChI is InChI=1S/C15H18N4O2/c1-10(13-5-4-6-14(9-13)19(20)21)18-12(3)15-11(2)16-7-8-17-15/h4-10,12,18H,1-3H3. The molecule has 6 heteroatoms. The molecule has 1 heterocycles. The van der Waals surface area contributed by atoms with Crippen molar-refractivity contribution in [1.29, 1.82) is 0 Å². The maximum absolute atomic E-state index is 10.8. The SMILES string of the molecule is Cc1nccnc1C(C)NC(C)c1cccc([N+](=O)[O-])c1. The molecular weight excluding hydrogens is 268 g/mol. The van der Waals surface area contributed by atoms with Gasteiger partial charge in [0.25, 0.3) is 5.69 Å². The fourth-order valence-electron chi connectivity index (χ4n) is 2.30. The molecule has 0 spiro atoms. The van der Waals surface area contributed by atoms with Crippen LogP contribution in [-0.2, 0) is 0 Å². The number of benzene rings is 1. The Labute approximate surface area is 123 Å². The van der Waals surface area contributed by atoms with Gasteiger partial charge in [0, 0.05) is 36.6 Å². The smallest absolute Gasteiger partial charge is 0.269 e. The van der Waals surface area contributed by atoms with Crippen molar-refractivity contribution < 1.29 is 4.92 Å². The summed E-state index contributed by atoms with van der Waals surface area (Å²) < 4.78 is 0. The number of nitrogens with zero attached hydrogens (tertiary/aromatic N) is 3. The van der Waals surface area contributed by atoms with Gasteiger partial charge in [0.2, 0.25) is 0 Å². The van der Waals surface area contributed by atoms with Crippen molar-refractivity contribution in [2.45, 2.75) is 32.9 Å². The Hall–Kier alpha value is -2.34. The number of non-ortho nitro benzene ring substituents is 1. The quantitative estimate of drug-likeness (QED) is 0.674. The molecule has 2 rings (SSSR count). The van der Waals surface area contributed by atoms with Crippen LogP contribution in [0.3, 0.4) is 0 Å². The summed E-state index contributed by atoms with van der Waals surface area (Å²) in [7, 11) is 0. The lowest BCUT2D eigenvalue weighted by atomic mass is 10.1. The maximum atomic E-state index is 10.8. The van der Waals surface area contributed by atoms with E-state index in [9.17, 15) is 10.1 Å². The van der Waals surface area contributed by atoms with Gasteiger partial charge in [-0.25, -0.2) is 0 Å². The Kier molecular flexibility index (Phi) is 4.59. The summed E-state index contributed by atoms with van der Waals surface area (Å²) in [5.41, 5.74) is 2.74. The van der Waals surface area contributed by atoms with Crippen LogP contribution in [0.15, 0.2) is 36.7 Å². The van der Waals surface area contributed by atoms with Crippen LogP contribution >= 0.6 is 0 Å². The van der Waals surface area contributed by atoms with E-state index in [0.717, 1.165) is 17.0 Å². The third-order valence-corrected chi connectivity index (χ3v) is 3.41. The van der Waals surface area contributed by atoms with Crippen LogP contribution in [0.4, 0.5) is 5.69 Å². The molecule has 0 aliphatic rings. The third kappa shape index (κ3) is 3.61. The van der Waals surface area contributed by atoms with E-state index in [1.165, 1.54) is 6.07 Å². The van der Waals surface area contributed by atoms with Crippen LogP contribution in [0.25, 0.3) is 0 Å². The van der Waals surface area contributed by atoms with Gasteiger partial charge in [0.1, 0.15) is 0 Å². The molecular formula is C15H18N4O2. The molecule has 0 saturated carbocycles. The predicted octanol–water partition coefficient (Wildman–Crippen LogP) is 3.11. The monoisotopic (exact) mass is 286 g/mol. The minimum atomic E-state index is -0.382. The molecule has 2 unspecified atom stereocenters. The lowest BCUT2D eigenvalue weighted by Gasteiger charge is -2.20. The van der Waals surface area contributed by atoms with Gasteiger partial charge in [0.05, 0.1) is 16.3 Å². The highest BCUT2D eigenvalue weighted by Crippen LogP contribution is 2.22. The first kappa shape index (κ1) is 15.1. The molecule has 0 aliphatic carbocycles. The summed E-state index contributed by atoms with van der Waals surface area (Å²) in [6.45, 7) is 5.89. The number of rotatable bonds is 5. The van der Waals surface area contributed by atoms with E-state index >= 15 is 0 Å². The molecule has 2 atom stereocenters. The zero-order valence-corrected chi connectivity index (χ0v) is 12.3. The average molecular weight is 286 g/mol. The number of hydrogen-bond acceptors (Lipinski definition) is 5. The van der Waals surface area contributed by atoms with Gasteiger partial charge in [-0.15, -0.1) is 0 Å². The molecule has 0 aliphatic heterocycles. The number of aryl methyl sites for hydroxylation is 1. The number of hydrogen-bond donors (Lipinski definition) is 1. The minimum absolute atomic E-state index is 0.00737. The Bertz CT molecular complexity index is 645. The van der Waals surface area contributed by atoms with Crippen molar-refractivity contribution in [3.05, 3.63) is 63.7 Å². The zero-order valence-electron chi connectivity index (χ0n) is 12.3. The van der Waals surface area contributed by atoms with Crippen LogP contribution in [0, 0.1) is 17.0 Å². The largest absolute Gasteiger partial charge is 0.302 e. The second kappa shape index (κ2) is 6.41. The van der Waals surface area contributed by atoms with Crippen LogP contribution in [0.1, 0.15) is 42.9 Å². The summed E-state index contributed by atoms with van der Waals surface area (Å²) in [5, 5.41) is 14.2. The lowest BCUT2D eigenvalue weighted by Crippen LogP contribution is -2.24. The van der Waals surface area contributed by atoms with Crippen molar-refractivity contribution in [2.75, 3.05) is 0 Å². The van der Waals surface area contributed by atoms with Gasteiger partial charge >= 0.3 is 0 Å². The van der Waals surface area contributed by atoms with Crippen LogP contribution in [0.2, 0.25) is 0 Å². The topological polar surface area (TPSA) is 81.0 Å². The Balaban J connectivity index is 2.14. The molecule has 0 saturated heterocycles. The molecule has 0 bridgehead atoms. The fraction of sp³-hybridized carbons (Fsp3) is 0.333. The van der Waals surface area contributed by atoms with Gasteiger partial charge in [0.15, 0.2) is 0 Å². The van der Waals surface area contributed by atoms with Gasteiger partial charge in [-0.3, -0.25) is 20.1 Å². The summed E-state index contributed by atoms with van der Waals surface area (Å²) in [5.74, 6) is 0. The highest BCUT2D eigenvalue weighted by molar-refractivity contribution is 5.35.